The minimum atomic E-state index is -2.56. The van der Waals surface area contributed by atoms with Gasteiger partial charge in [-0.3, -0.25) is 0 Å². The molecule has 0 aliphatic carbocycles. The summed E-state index contributed by atoms with van der Waals surface area (Å²) in [7, 11) is -2.56. The van der Waals surface area contributed by atoms with Crippen LogP contribution < -0.4 is 15.7 Å². The molecule has 2 aromatic rings. The van der Waals surface area contributed by atoms with Gasteiger partial charge in [0.05, 0.1) is 13.2 Å². The van der Waals surface area contributed by atoms with Crippen molar-refractivity contribution in [2.24, 2.45) is 0 Å². The number of cyclic esters (lactones) is 1. The molecule has 132 valence electrons. The number of alkyl carbamates (subject to hydrolysis) is 1. The van der Waals surface area contributed by atoms with Crippen LogP contribution in [0.25, 0.3) is 0 Å². The Labute approximate surface area is 150 Å². The highest BCUT2D eigenvalue weighted by Gasteiger charge is 2.50. The molecule has 1 N–H and O–H groups in total. The number of nitrogens with one attached hydrogen (secondary N) is 1. The normalized spacial score (nSPS) is 17.9. The molecule has 1 heterocycles. The van der Waals surface area contributed by atoms with Gasteiger partial charge in [0.15, 0.2) is 0 Å². The highest BCUT2D eigenvalue weighted by atomic mass is 28.4. The number of amides is 1. The number of rotatable bonds is 5. The molecule has 0 aromatic heterocycles. The van der Waals surface area contributed by atoms with Crippen LogP contribution in [0.2, 0.25) is 5.04 Å². The number of carbonyl (C=O) groups excluding carboxylic acids is 1. The number of benzene rings is 2. The molecule has 3 rings (SSSR count). The van der Waals surface area contributed by atoms with Gasteiger partial charge in [0.2, 0.25) is 0 Å². The second kappa shape index (κ2) is 7.02. The smallest absolute Gasteiger partial charge is 0.407 e. The molecule has 2 aromatic carbocycles. The quantitative estimate of drug-likeness (QED) is 0.839. The van der Waals surface area contributed by atoms with Crippen molar-refractivity contribution >= 4 is 24.8 Å². The van der Waals surface area contributed by atoms with Crippen LogP contribution in [0, 0.1) is 0 Å². The fraction of sp³-hybridized carbons (Fsp3) is 0.350. The van der Waals surface area contributed by atoms with E-state index in [4.69, 9.17) is 9.16 Å². The zero-order valence-electron chi connectivity index (χ0n) is 15.0. The van der Waals surface area contributed by atoms with Gasteiger partial charge in [0, 0.05) is 0 Å². The summed E-state index contributed by atoms with van der Waals surface area (Å²) < 4.78 is 12.0. The molecule has 0 spiro atoms. The molecule has 25 heavy (non-hydrogen) atoms. The van der Waals surface area contributed by atoms with Crippen molar-refractivity contribution in [2.45, 2.75) is 31.9 Å². The van der Waals surface area contributed by atoms with Gasteiger partial charge in [-0.25, -0.2) is 4.79 Å². The van der Waals surface area contributed by atoms with Crippen LogP contribution in [0.5, 0.6) is 0 Å². The maximum atomic E-state index is 11.3. The van der Waals surface area contributed by atoms with Crippen molar-refractivity contribution in [1.29, 1.82) is 0 Å². The number of ether oxygens (including phenoxy) is 1. The summed E-state index contributed by atoms with van der Waals surface area (Å²) in [6.07, 6.45) is -0.606. The van der Waals surface area contributed by atoms with Crippen molar-refractivity contribution in [3.63, 3.8) is 0 Å². The third-order valence-corrected chi connectivity index (χ3v) is 9.66. The van der Waals surface area contributed by atoms with E-state index in [2.05, 4.69) is 74.6 Å². The molecule has 0 bridgehead atoms. The van der Waals surface area contributed by atoms with Gasteiger partial charge in [-0.2, -0.15) is 0 Å². The Morgan fingerprint density at radius 1 is 1.04 bits per heavy atom. The van der Waals surface area contributed by atoms with E-state index < -0.39 is 8.32 Å². The van der Waals surface area contributed by atoms with Gasteiger partial charge >= 0.3 is 6.09 Å². The van der Waals surface area contributed by atoms with Gasteiger partial charge in [-0.15, -0.1) is 0 Å². The van der Waals surface area contributed by atoms with Gasteiger partial charge < -0.3 is 14.5 Å². The molecular formula is C20H25NO3Si. The fourth-order valence-electron chi connectivity index (χ4n) is 3.50. The fourth-order valence-corrected chi connectivity index (χ4v) is 8.10. The second-order valence-corrected chi connectivity index (χ2v) is 11.7. The van der Waals surface area contributed by atoms with Gasteiger partial charge in [-0.1, -0.05) is 81.4 Å². The van der Waals surface area contributed by atoms with E-state index in [1.807, 2.05) is 12.1 Å². The summed E-state index contributed by atoms with van der Waals surface area (Å²) in [5.74, 6) is 0. The average molecular weight is 356 g/mol. The molecular weight excluding hydrogens is 330 g/mol. The molecule has 4 nitrogen and oxygen atoms in total. The van der Waals surface area contributed by atoms with E-state index in [1.54, 1.807) is 0 Å². The maximum absolute atomic E-state index is 11.3. The topological polar surface area (TPSA) is 47.6 Å². The highest BCUT2D eigenvalue weighted by Crippen LogP contribution is 2.36. The van der Waals surface area contributed by atoms with E-state index in [0.29, 0.717) is 13.2 Å². The predicted octanol–water partition coefficient (Wildman–Crippen LogP) is 2.67. The Morgan fingerprint density at radius 3 is 1.96 bits per heavy atom. The minimum absolute atomic E-state index is 0.0776. The first-order valence-corrected chi connectivity index (χ1v) is 10.5. The lowest BCUT2D eigenvalue weighted by atomic mass is 10.2. The summed E-state index contributed by atoms with van der Waals surface area (Å²) in [4.78, 5) is 11.3. The summed E-state index contributed by atoms with van der Waals surface area (Å²) in [5.41, 5.74) is 0. The Balaban J connectivity index is 2.04. The zero-order chi connectivity index (χ0) is 17.9. The molecule has 0 unspecified atom stereocenters. The first-order valence-electron chi connectivity index (χ1n) is 8.63. The van der Waals surface area contributed by atoms with Crippen LogP contribution in [-0.2, 0) is 9.16 Å². The van der Waals surface area contributed by atoms with Gasteiger partial charge in [0.25, 0.3) is 8.32 Å². The van der Waals surface area contributed by atoms with Crippen molar-refractivity contribution in [3.05, 3.63) is 60.7 Å². The molecule has 1 fully saturated rings. The maximum Gasteiger partial charge on any atom is 0.407 e. The third-order valence-electron chi connectivity index (χ3n) is 4.65. The molecule has 0 radical (unpaired) electrons. The highest BCUT2D eigenvalue weighted by molar-refractivity contribution is 6.99. The van der Waals surface area contributed by atoms with E-state index in [-0.39, 0.29) is 17.2 Å². The van der Waals surface area contributed by atoms with Crippen LogP contribution in [0.15, 0.2) is 60.7 Å². The molecule has 0 saturated carbocycles. The average Bonchev–Trinajstić information content (AvgIpc) is 3.02. The van der Waals surface area contributed by atoms with E-state index >= 15 is 0 Å². The molecule has 5 heteroatoms. The lowest BCUT2D eigenvalue weighted by Gasteiger charge is -2.43. The molecule has 1 aliphatic rings. The summed E-state index contributed by atoms with van der Waals surface area (Å²) >= 11 is 0. The van der Waals surface area contributed by atoms with E-state index in [1.165, 1.54) is 10.4 Å². The minimum Gasteiger partial charge on any atom is -0.442 e. The Hall–Kier alpha value is -2.11. The molecule has 1 saturated heterocycles. The number of hydrogen-bond acceptors (Lipinski definition) is 3. The van der Waals surface area contributed by atoms with Crippen LogP contribution in [-0.4, -0.2) is 33.7 Å². The largest absolute Gasteiger partial charge is 0.442 e. The number of hydrogen-bond donors (Lipinski definition) is 1. The van der Waals surface area contributed by atoms with Crippen molar-refractivity contribution in [2.75, 3.05) is 13.2 Å². The molecule has 1 aliphatic heterocycles. The van der Waals surface area contributed by atoms with Crippen LogP contribution in [0.1, 0.15) is 20.8 Å². The zero-order valence-corrected chi connectivity index (χ0v) is 16.0. The van der Waals surface area contributed by atoms with Crippen LogP contribution in [0.4, 0.5) is 4.79 Å². The predicted molar refractivity (Wildman–Crippen MR) is 102 cm³/mol. The lowest BCUT2D eigenvalue weighted by Crippen LogP contribution is -2.67. The van der Waals surface area contributed by atoms with Crippen molar-refractivity contribution in [1.82, 2.24) is 5.32 Å². The van der Waals surface area contributed by atoms with E-state index in [0.717, 1.165) is 0 Å². The van der Waals surface area contributed by atoms with Gasteiger partial charge in [-0.05, 0) is 15.4 Å². The summed E-state index contributed by atoms with van der Waals surface area (Å²) in [6, 6.07) is 20.9. The van der Waals surface area contributed by atoms with Crippen LogP contribution >= 0.6 is 0 Å². The molecule has 1 amide bonds. The molecule has 1 atom stereocenters. The van der Waals surface area contributed by atoms with Gasteiger partial charge in [0.1, 0.15) is 6.10 Å². The summed E-state index contributed by atoms with van der Waals surface area (Å²) in [5, 5.41) is 5.08. The first kappa shape index (κ1) is 17.7. The summed E-state index contributed by atoms with van der Waals surface area (Å²) in [6.45, 7) is 7.59. The standard InChI is InChI=1S/C20H25NO3Si/c1-20(2,3)25(17-10-6-4-7-11-17,18-12-8-5-9-13-18)23-15-16-14-21-19(22)24-16/h4-13,16H,14-15H2,1-3H3,(H,21,22)/t16-/m1/s1. The Kier molecular flexibility index (Phi) is 4.97. The number of carbonyl (C=O) groups is 1. The third kappa shape index (κ3) is 3.48. The van der Waals surface area contributed by atoms with Crippen molar-refractivity contribution < 1.29 is 14.0 Å². The van der Waals surface area contributed by atoms with E-state index in [9.17, 15) is 4.79 Å². The van der Waals surface area contributed by atoms with Crippen molar-refractivity contribution in [3.8, 4) is 0 Å². The lowest BCUT2D eigenvalue weighted by molar-refractivity contribution is 0.101. The monoisotopic (exact) mass is 355 g/mol. The first-order chi connectivity index (χ1) is 11.9. The Morgan fingerprint density at radius 2 is 1.56 bits per heavy atom. The van der Waals surface area contributed by atoms with Crippen LogP contribution in [0.3, 0.4) is 0 Å². The Bertz CT molecular complexity index is 673. The SMILES string of the molecule is CC(C)(C)[Si](OC[C@H]1CNC(=O)O1)(c1ccccc1)c1ccccc1. The second-order valence-electron chi connectivity index (χ2n) is 7.38.